The first-order chi connectivity index (χ1) is 8.97. The second-order valence-corrected chi connectivity index (χ2v) is 5.20. The number of amides is 1. The fraction of sp³-hybridized carbons (Fsp3) is 0.500. The first kappa shape index (κ1) is 16.9. The Labute approximate surface area is 123 Å². The van der Waals surface area contributed by atoms with E-state index < -0.39 is 11.6 Å². The van der Waals surface area contributed by atoms with Crippen LogP contribution in [0.1, 0.15) is 24.8 Å². The van der Waals surface area contributed by atoms with Crippen LogP contribution < -0.4 is 5.73 Å². The monoisotopic (exact) mass is 304 g/mol. The summed E-state index contributed by atoms with van der Waals surface area (Å²) in [5.74, 6) is -1.32. The third-order valence-electron chi connectivity index (χ3n) is 3.62. The largest absolute Gasteiger partial charge is 0.341 e. The average Bonchev–Trinajstić information content (AvgIpc) is 2.78. The molecule has 2 N–H and O–H groups in total. The van der Waals surface area contributed by atoms with Crippen molar-refractivity contribution in [2.75, 3.05) is 7.05 Å². The molecule has 1 fully saturated rings. The molecule has 2 rings (SSSR count). The van der Waals surface area contributed by atoms with Gasteiger partial charge in [-0.05, 0) is 25.3 Å². The Balaban J connectivity index is 0.00000200. The van der Waals surface area contributed by atoms with Crippen molar-refractivity contribution < 1.29 is 13.6 Å². The van der Waals surface area contributed by atoms with Crippen molar-refractivity contribution in [1.82, 2.24) is 4.90 Å². The number of hydrogen-bond donors (Lipinski definition) is 1. The zero-order valence-electron chi connectivity index (χ0n) is 11.3. The smallest absolute Gasteiger partial charge is 0.225 e. The van der Waals surface area contributed by atoms with Gasteiger partial charge in [0.1, 0.15) is 11.6 Å². The predicted molar refractivity (Wildman–Crippen MR) is 75.4 cm³/mol. The fourth-order valence-corrected chi connectivity index (χ4v) is 2.54. The summed E-state index contributed by atoms with van der Waals surface area (Å²) in [6.07, 6.45) is 2.33. The molecule has 1 aliphatic rings. The Kier molecular flexibility index (Phi) is 5.89. The van der Waals surface area contributed by atoms with Crippen LogP contribution in [0.5, 0.6) is 0 Å². The molecule has 0 spiro atoms. The lowest BCUT2D eigenvalue weighted by atomic mass is 10.1. The number of halogens is 3. The van der Waals surface area contributed by atoms with E-state index in [-0.39, 0.29) is 36.8 Å². The first-order valence-corrected chi connectivity index (χ1v) is 6.42. The van der Waals surface area contributed by atoms with Gasteiger partial charge in [0, 0.05) is 37.2 Å². The quantitative estimate of drug-likeness (QED) is 0.932. The standard InChI is InChI=1S/C14H18F2N2O.ClH/c1-18(14(19)9-3-5-12(17)6-9)8-10-2-4-11(15)7-13(10)16;/h2,4,7,9,12H,3,5-6,8,17H2,1H3;1H. The van der Waals surface area contributed by atoms with Gasteiger partial charge in [-0.2, -0.15) is 0 Å². The van der Waals surface area contributed by atoms with Crippen molar-refractivity contribution in [2.24, 2.45) is 11.7 Å². The van der Waals surface area contributed by atoms with E-state index in [9.17, 15) is 13.6 Å². The Bertz CT molecular complexity index is 484. The SMILES string of the molecule is CN(Cc1ccc(F)cc1F)C(=O)C1CCC(N)C1.Cl. The molecule has 1 aliphatic carbocycles. The van der Waals surface area contributed by atoms with Crippen LogP contribution in [0.2, 0.25) is 0 Å². The van der Waals surface area contributed by atoms with Crippen molar-refractivity contribution in [1.29, 1.82) is 0 Å². The van der Waals surface area contributed by atoms with Crippen LogP contribution in [0, 0.1) is 17.6 Å². The first-order valence-electron chi connectivity index (χ1n) is 6.42. The summed E-state index contributed by atoms with van der Waals surface area (Å²) in [5.41, 5.74) is 6.10. The maximum absolute atomic E-state index is 13.5. The Morgan fingerprint density at radius 3 is 2.65 bits per heavy atom. The summed E-state index contributed by atoms with van der Waals surface area (Å²) in [6, 6.07) is 3.49. The minimum Gasteiger partial charge on any atom is -0.341 e. The van der Waals surface area contributed by atoms with Crippen LogP contribution in [0.4, 0.5) is 8.78 Å². The molecule has 0 aromatic heterocycles. The molecule has 6 heteroatoms. The van der Waals surface area contributed by atoms with Gasteiger partial charge in [0.25, 0.3) is 0 Å². The Morgan fingerprint density at radius 2 is 2.10 bits per heavy atom. The topological polar surface area (TPSA) is 46.3 Å². The van der Waals surface area contributed by atoms with Crippen molar-refractivity contribution in [3.63, 3.8) is 0 Å². The molecule has 1 saturated carbocycles. The average molecular weight is 305 g/mol. The molecule has 3 nitrogen and oxygen atoms in total. The summed E-state index contributed by atoms with van der Waals surface area (Å²) in [4.78, 5) is 13.6. The number of rotatable bonds is 3. The van der Waals surface area contributed by atoms with Crippen molar-refractivity contribution in [3.8, 4) is 0 Å². The summed E-state index contributed by atoms with van der Waals surface area (Å²) in [5, 5.41) is 0. The highest BCUT2D eigenvalue weighted by Gasteiger charge is 2.29. The molecule has 1 aromatic rings. The van der Waals surface area contributed by atoms with E-state index in [1.807, 2.05) is 0 Å². The van der Waals surface area contributed by atoms with E-state index >= 15 is 0 Å². The second kappa shape index (κ2) is 6.99. The summed E-state index contributed by atoms with van der Waals surface area (Å²) in [6.45, 7) is 0.149. The maximum Gasteiger partial charge on any atom is 0.225 e. The van der Waals surface area contributed by atoms with Crippen molar-refractivity contribution in [3.05, 3.63) is 35.4 Å². The number of nitrogens with zero attached hydrogens (tertiary/aromatic N) is 1. The maximum atomic E-state index is 13.5. The molecule has 0 saturated heterocycles. The zero-order valence-corrected chi connectivity index (χ0v) is 12.1. The number of hydrogen-bond acceptors (Lipinski definition) is 2. The summed E-state index contributed by atoms with van der Waals surface area (Å²) < 4.78 is 26.3. The van der Waals surface area contributed by atoms with Gasteiger partial charge in [0.2, 0.25) is 5.91 Å². The highest BCUT2D eigenvalue weighted by molar-refractivity contribution is 5.85. The molecule has 0 heterocycles. The molecule has 2 atom stereocenters. The highest BCUT2D eigenvalue weighted by atomic mass is 35.5. The van der Waals surface area contributed by atoms with E-state index in [4.69, 9.17) is 5.73 Å². The number of carbonyl (C=O) groups excluding carboxylic acids is 1. The highest BCUT2D eigenvalue weighted by Crippen LogP contribution is 2.26. The van der Waals surface area contributed by atoms with Gasteiger partial charge in [-0.3, -0.25) is 4.79 Å². The minimum absolute atomic E-state index is 0. The van der Waals surface area contributed by atoms with Gasteiger partial charge in [0.05, 0.1) is 0 Å². The van der Waals surface area contributed by atoms with E-state index in [1.54, 1.807) is 7.05 Å². The number of nitrogens with two attached hydrogens (primary N) is 1. The fourth-order valence-electron chi connectivity index (χ4n) is 2.54. The Morgan fingerprint density at radius 1 is 1.40 bits per heavy atom. The van der Waals surface area contributed by atoms with Crippen LogP contribution in [-0.4, -0.2) is 23.9 Å². The third-order valence-corrected chi connectivity index (χ3v) is 3.62. The van der Waals surface area contributed by atoms with Gasteiger partial charge in [-0.1, -0.05) is 6.07 Å². The molecule has 0 radical (unpaired) electrons. The predicted octanol–water partition coefficient (Wildman–Crippen LogP) is 2.47. The molecular weight excluding hydrogens is 286 g/mol. The molecule has 112 valence electrons. The van der Waals surface area contributed by atoms with Gasteiger partial charge >= 0.3 is 0 Å². The van der Waals surface area contributed by atoms with E-state index in [1.165, 1.54) is 17.0 Å². The molecule has 1 aromatic carbocycles. The summed E-state index contributed by atoms with van der Waals surface area (Å²) >= 11 is 0. The van der Waals surface area contributed by atoms with Crippen molar-refractivity contribution >= 4 is 18.3 Å². The van der Waals surface area contributed by atoms with Crippen LogP contribution in [-0.2, 0) is 11.3 Å². The third kappa shape index (κ3) is 3.90. The van der Waals surface area contributed by atoms with E-state index in [0.717, 1.165) is 18.9 Å². The Hall–Kier alpha value is -1.20. The van der Waals surface area contributed by atoms with Gasteiger partial charge in [0.15, 0.2) is 0 Å². The van der Waals surface area contributed by atoms with E-state index in [2.05, 4.69) is 0 Å². The van der Waals surface area contributed by atoms with Crippen molar-refractivity contribution in [2.45, 2.75) is 31.8 Å². The normalized spacial score (nSPS) is 21.4. The number of carbonyl (C=O) groups is 1. The van der Waals surface area contributed by atoms with E-state index in [0.29, 0.717) is 12.0 Å². The summed E-state index contributed by atoms with van der Waals surface area (Å²) in [7, 11) is 1.63. The van der Waals surface area contributed by atoms with Gasteiger partial charge in [-0.15, -0.1) is 12.4 Å². The molecular formula is C14H19ClF2N2O. The lowest BCUT2D eigenvalue weighted by Gasteiger charge is -2.21. The molecule has 0 bridgehead atoms. The van der Waals surface area contributed by atoms with Crippen LogP contribution in [0.3, 0.4) is 0 Å². The second-order valence-electron chi connectivity index (χ2n) is 5.20. The van der Waals surface area contributed by atoms with Crippen LogP contribution in [0.25, 0.3) is 0 Å². The van der Waals surface area contributed by atoms with Crippen LogP contribution in [0.15, 0.2) is 18.2 Å². The molecule has 20 heavy (non-hydrogen) atoms. The molecule has 0 aliphatic heterocycles. The van der Waals surface area contributed by atoms with Gasteiger partial charge < -0.3 is 10.6 Å². The molecule has 1 amide bonds. The number of benzene rings is 1. The lowest BCUT2D eigenvalue weighted by Crippen LogP contribution is -2.32. The zero-order chi connectivity index (χ0) is 14.0. The minimum atomic E-state index is -0.622. The van der Waals surface area contributed by atoms with Gasteiger partial charge in [-0.25, -0.2) is 8.78 Å². The van der Waals surface area contributed by atoms with Crippen LogP contribution >= 0.6 is 12.4 Å². The molecule has 2 unspecified atom stereocenters. The lowest BCUT2D eigenvalue weighted by molar-refractivity contribution is -0.134.